The molecule has 0 saturated carbocycles. The zero-order chi connectivity index (χ0) is 13.2. The van der Waals surface area contributed by atoms with Crippen LogP contribution < -0.4 is 4.18 Å². The minimum Gasteiger partial charge on any atom is -0.383 e. The van der Waals surface area contributed by atoms with Crippen molar-refractivity contribution in [2.75, 3.05) is 6.26 Å². The van der Waals surface area contributed by atoms with Crippen molar-refractivity contribution in [3.63, 3.8) is 0 Å². The Morgan fingerprint density at radius 2 is 1.33 bits per heavy atom. The lowest BCUT2D eigenvalue weighted by molar-refractivity contribution is 0.493. The zero-order valence-corrected chi connectivity index (χ0v) is 12.6. The average Bonchev–Trinajstić information content (AvgIpc) is 2.29. The van der Waals surface area contributed by atoms with Gasteiger partial charge in [-0.05, 0) is 58.0 Å². The molecule has 2 rings (SSSR count). The number of halogens is 1. The molecule has 0 saturated heterocycles. The van der Waals surface area contributed by atoms with Gasteiger partial charge in [-0.1, -0.05) is 24.3 Å². The van der Waals surface area contributed by atoms with Crippen molar-refractivity contribution in [3.05, 3.63) is 52.1 Å². The van der Waals surface area contributed by atoms with E-state index in [4.69, 9.17) is 4.18 Å². The SMILES string of the molecule is CS(=O)(=O)Oc1ccc(-c2ccc(I)cc2)cc1. The predicted molar refractivity (Wildman–Crippen MR) is 80.1 cm³/mol. The Kier molecular flexibility index (Phi) is 3.91. The van der Waals surface area contributed by atoms with Gasteiger partial charge in [0.1, 0.15) is 5.75 Å². The van der Waals surface area contributed by atoms with Crippen LogP contribution in [0.3, 0.4) is 0 Å². The lowest BCUT2D eigenvalue weighted by atomic mass is 10.1. The predicted octanol–water partition coefficient (Wildman–Crippen LogP) is 3.30. The topological polar surface area (TPSA) is 43.4 Å². The van der Waals surface area contributed by atoms with Gasteiger partial charge in [0, 0.05) is 3.57 Å². The number of hydrogen-bond donors (Lipinski definition) is 0. The first-order valence-electron chi connectivity index (χ1n) is 5.19. The second-order valence-corrected chi connectivity index (χ2v) is 6.64. The van der Waals surface area contributed by atoms with Crippen LogP contribution in [0.5, 0.6) is 5.75 Å². The molecule has 0 aliphatic heterocycles. The summed E-state index contributed by atoms with van der Waals surface area (Å²) in [5.41, 5.74) is 2.11. The molecule has 0 fully saturated rings. The maximum absolute atomic E-state index is 11.0. The highest BCUT2D eigenvalue weighted by atomic mass is 127. The quantitative estimate of drug-likeness (QED) is 0.612. The van der Waals surface area contributed by atoms with Crippen LogP contribution in [0.25, 0.3) is 11.1 Å². The summed E-state index contributed by atoms with van der Waals surface area (Å²) in [6, 6.07) is 15.1. The highest BCUT2D eigenvalue weighted by Crippen LogP contribution is 2.23. The summed E-state index contributed by atoms with van der Waals surface area (Å²) < 4.78 is 27.9. The lowest BCUT2D eigenvalue weighted by Crippen LogP contribution is -2.05. The molecule has 0 spiro atoms. The van der Waals surface area contributed by atoms with E-state index in [0.717, 1.165) is 17.4 Å². The van der Waals surface area contributed by atoms with Crippen molar-refractivity contribution < 1.29 is 12.6 Å². The molecule has 0 N–H and O–H groups in total. The molecule has 5 heteroatoms. The van der Waals surface area contributed by atoms with Gasteiger partial charge < -0.3 is 4.18 Å². The highest BCUT2D eigenvalue weighted by Gasteiger charge is 2.04. The third-order valence-corrected chi connectivity index (χ3v) is 3.49. The maximum atomic E-state index is 11.0. The van der Waals surface area contributed by atoms with Gasteiger partial charge in [-0.2, -0.15) is 8.42 Å². The van der Waals surface area contributed by atoms with Crippen molar-refractivity contribution in [3.8, 4) is 16.9 Å². The van der Waals surface area contributed by atoms with Gasteiger partial charge in [-0.25, -0.2) is 0 Å². The molecule has 0 bridgehead atoms. The molecular weight excluding hydrogens is 363 g/mol. The van der Waals surface area contributed by atoms with Crippen LogP contribution in [-0.4, -0.2) is 14.7 Å². The Balaban J connectivity index is 2.25. The van der Waals surface area contributed by atoms with Crippen LogP contribution >= 0.6 is 22.6 Å². The van der Waals surface area contributed by atoms with E-state index in [1.165, 1.54) is 3.57 Å². The smallest absolute Gasteiger partial charge is 0.306 e. The first-order chi connectivity index (χ1) is 8.44. The monoisotopic (exact) mass is 374 g/mol. The van der Waals surface area contributed by atoms with E-state index in [9.17, 15) is 8.42 Å². The van der Waals surface area contributed by atoms with Gasteiger partial charge in [-0.3, -0.25) is 0 Å². The minimum absolute atomic E-state index is 0.326. The molecule has 0 aliphatic rings. The maximum Gasteiger partial charge on any atom is 0.306 e. The van der Waals surface area contributed by atoms with Crippen molar-refractivity contribution in [1.82, 2.24) is 0 Å². The Bertz CT molecular complexity index is 631. The van der Waals surface area contributed by atoms with Crippen LogP contribution in [0, 0.1) is 3.57 Å². The van der Waals surface area contributed by atoms with Crippen LogP contribution in [0.15, 0.2) is 48.5 Å². The van der Waals surface area contributed by atoms with Crippen LogP contribution in [0.2, 0.25) is 0 Å². The Morgan fingerprint density at radius 3 is 1.78 bits per heavy atom. The van der Waals surface area contributed by atoms with Gasteiger partial charge in [0.2, 0.25) is 0 Å². The summed E-state index contributed by atoms with van der Waals surface area (Å²) >= 11 is 2.25. The highest BCUT2D eigenvalue weighted by molar-refractivity contribution is 14.1. The minimum atomic E-state index is -3.46. The molecule has 0 unspecified atom stereocenters. The molecule has 0 radical (unpaired) electrons. The zero-order valence-electron chi connectivity index (χ0n) is 9.63. The lowest BCUT2D eigenvalue weighted by Gasteiger charge is -2.05. The average molecular weight is 374 g/mol. The van der Waals surface area contributed by atoms with E-state index in [-0.39, 0.29) is 0 Å². The van der Waals surface area contributed by atoms with Crippen molar-refractivity contribution in [1.29, 1.82) is 0 Å². The summed E-state index contributed by atoms with van der Waals surface area (Å²) in [6.07, 6.45) is 1.03. The van der Waals surface area contributed by atoms with Crippen LogP contribution in [0.1, 0.15) is 0 Å². The second-order valence-electron chi connectivity index (χ2n) is 3.82. The molecule has 0 atom stereocenters. The molecule has 0 aliphatic carbocycles. The van der Waals surface area contributed by atoms with Crippen molar-refractivity contribution in [2.45, 2.75) is 0 Å². The fraction of sp³-hybridized carbons (Fsp3) is 0.0769. The normalized spacial score (nSPS) is 11.2. The largest absolute Gasteiger partial charge is 0.383 e. The third kappa shape index (κ3) is 3.71. The Morgan fingerprint density at radius 1 is 0.889 bits per heavy atom. The standard InChI is InChI=1S/C13H11IO3S/c1-18(15,16)17-13-8-4-11(5-9-13)10-2-6-12(14)7-3-10/h2-9H,1H3. The fourth-order valence-corrected chi connectivity index (χ4v) is 2.34. The van der Waals surface area contributed by atoms with Crippen molar-refractivity contribution in [2.24, 2.45) is 0 Å². The molecule has 0 heterocycles. The second kappa shape index (κ2) is 5.27. The summed E-state index contributed by atoms with van der Waals surface area (Å²) in [6.45, 7) is 0. The van der Waals surface area contributed by atoms with Gasteiger partial charge in [0.15, 0.2) is 0 Å². The number of benzene rings is 2. The van der Waals surface area contributed by atoms with Crippen molar-refractivity contribution >= 4 is 32.7 Å². The molecule has 18 heavy (non-hydrogen) atoms. The van der Waals surface area contributed by atoms with E-state index in [1.807, 2.05) is 36.4 Å². The van der Waals surface area contributed by atoms with Gasteiger partial charge in [0.25, 0.3) is 0 Å². The third-order valence-electron chi connectivity index (χ3n) is 2.28. The molecule has 2 aromatic rings. The first-order valence-corrected chi connectivity index (χ1v) is 8.09. The fourth-order valence-electron chi connectivity index (χ4n) is 1.52. The molecule has 0 aromatic heterocycles. The van der Waals surface area contributed by atoms with E-state index in [2.05, 4.69) is 22.6 Å². The van der Waals surface area contributed by atoms with Crippen LogP contribution in [0.4, 0.5) is 0 Å². The molecule has 94 valence electrons. The molecular formula is C13H11IO3S. The number of hydrogen-bond acceptors (Lipinski definition) is 3. The van der Waals surface area contributed by atoms with Gasteiger partial charge in [0.05, 0.1) is 6.26 Å². The summed E-state index contributed by atoms with van der Waals surface area (Å²) in [5.74, 6) is 0.326. The van der Waals surface area contributed by atoms with E-state index in [0.29, 0.717) is 5.75 Å². The number of rotatable bonds is 3. The summed E-state index contributed by atoms with van der Waals surface area (Å²) in [4.78, 5) is 0. The van der Waals surface area contributed by atoms with Crippen LogP contribution in [-0.2, 0) is 10.1 Å². The molecule has 2 aromatic carbocycles. The van der Waals surface area contributed by atoms with E-state index >= 15 is 0 Å². The van der Waals surface area contributed by atoms with Gasteiger partial charge in [-0.15, -0.1) is 0 Å². The molecule has 0 amide bonds. The molecule has 3 nitrogen and oxygen atoms in total. The van der Waals surface area contributed by atoms with E-state index < -0.39 is 10.1 Å². The summed E-state index contributed by atoms with van der Waals surface area (Å²) in [5, 5.41) is 0. The summed E-state index contributed by atoms with van der Waals surface area (Å²) in [7, 11) is -3.46. The van der Waals surface area contributed by atoms with E-state index in [1.54, 1.807) is 12.1 Å². The Labute approximate surface area is 120 Å². The van der Waals surface area contributed by atoms with Gasteiger partial charge >= 0.3 is 10.1 Å². The first kappa shape index (κ1) is 13.4. The Hall–Kier alpha value is -1.08.